The van der Waals surface area contributed by atoms with Gasteiger partial charge in [0.25, 0.3) is 5.69 Å². The fourth-order valence-electron chi connectivity index (χ4n) is 0.939. The number of nitrogens with zero attached hydrogens (tertiary/aromatic N) is 2. The second-order valence-corrected chi connectivity index (χ2v) is 3.77. The Morgan fingerprint density at radius 1 is 1.13 bits per heavy atom. The third kappa shape index (κ3) is 1.82. The van der Waals surface area contributed by atoms with Gasteiger partial charge in [-0.2, -0.15) is 0 Å². The van der Waals surface area contributed by atoms with Crippen LogP contribution in [0.5, 0.6) is 0 Å². The highest BCUT2D eigenvalue weighted by atomic mass is 32.2. The predicted octanol–water partition coefficient (Wildman–Crippen LogP) is 0.548. The lowest BCUT2D eigenvalue weighted by Crippen LogP contribution is -1.88. The van der Waals surface area contributed by atoms with E-state index in [1.54, 1.807) is 0 Å². The summed E-state index contributed by atoms with van der Waals surface area (Å²) in [6.07, 6.45) is 0. The molecule has 0 spiro atoms. The molecule has 2 aromatic rings. The Balaban J connectivity index is 2.18. The summed E-state index contributed by atoms with van der Waals surface area (Å²) in [7, 11) is 0. The Morgan fingerprint density at radius 3 is 2.07 bits per heavy atom. The summed E-state index contributed by atoms with van der Waals surface area (Å²) >= 11 is 0.958. The van der Waals surface area contributed by atoms with Crippen molar-refractivity contribution in [2.75, 3.05) is 0 Å². The molecule has 0 radical (unpaired) electrons. The Kier molecular flexibility index (Phi) is 2.16. The second kappa shape index (κ2) is 3.35. The maximum atomic E-state index is 10.6. The highest BCUT2D eigenvalue weighted by molar-refractivity contribution is 7.98. The van der Waals surface area contributed by atoms with Gasteiger partial charge in [-0.05, 0) is 24.1 Å². The molecule has 1 aromatic carbocycles. The average Bonchev–Trinajstić information content (AvgIpc) is 2.77. The first kappa shape index (κ1) is 9.66. The summed E-state index contributed by atoms with van der Waals surface area (Å²) in [5.41, 5.74) is -1.11. The van der Waals surface area contributed by atoms with Crippen molar-refractivity contribution in [2.24, 2.45) is 0 Å². The lowest BCUT2D eigenvalue weighted by Gasteiger charge is -1.94. The summed E-state index contributed by atoms with van der Waals surface area (Å²) in [6.45, 7) is 0. The fraction of sp³-hybridized carbons (Fsp3) is 0. The van der Waals surface area contributed by atoms with Crippen molar-refractivity contribution >= 4 is 17.6 Å². The van der Waals surface area contributed by atoms with Crippen LogP contribution in [0.15, 0.2) is 38.8 Å². The van der Waals surface area contributed by atoms with Crippen molar-refractivity contribution < 1.29 is 4.92 Å². The molecule has 1 heterocycles. The Bertz CT molecular complexity index is 554. The number of nitro benzene ring substituents is 1. The van der Waals surface area contributed by atoms with E-state index in [9.17, 15) is 19.7 Å². The van der Waals surface area contributed by atoms with Crippen LogP contribution in [-0.2, 0) is 0 Å². The number of hydrogen-bond acceptors (Lipinski definition) is 5. The van der Waals surface area contributed by atoms with Crippen LogP contribution < -0.4 is 11.1 Å². The van der Waals surface area contributed by atoms with Gasteiger partial charge in [0, 0.05) is 17.0 Å². The van der Waals surface area contributed by atoms with Crippen LogP contribution in [0, 0.1) is 10.1 Å². The van der Waals surface area contributed by atoms with Crippen LogP contribution in [-0.4, -0.2) is 8.90 Å². The topological polar surface area (TPSA) is 82.2 Å². The van der Waals surface area contributed by atoms with E-state index in [0.717, 1.165) is 15.9 Å². The summed E-state index contributed by atoms with van der Waals surface area (Å²) in [5.74, 6) is 0. The zero-order valence-electron chi connectivity index (χ0n) is 7.25. The molecule has 0 aliphatic rings. The molecular weight excluding hydrogens is 220 g/mol. The molecule has 0 N–H and O–H groups in total. The van der Waals surface area contributed by atoms with Gasteiger partial charge < -0.3 is 0 Å². The zero-order chi connectivity index (χ0) is 11.0. The number of non-ortho nitro benzene ring substituents is 1. The highest BCUT2D eigenvalue weighted by Crippen LogP contribution is 2.20. The maximum absolute atomic E-state index is 10.6. The molecule has 0 amide bonds. The van der Waals surface area contributed by atoms with Gasteiger partial charge in [0.1, 0.15) is 0 Å². The van der Waals surface area contributed by atoms with Gasteiger partial charge in [0.05, 0.1) is 4.92 Å². The zero-order valence-corrected chi connectivity index (χ0v) is 8.06. The number of nitro groups is 1. The van der Waals surface area contributed by atoms with Crippen LogP contribution in [0.25, 0.3) is 0 Å². The van der Waals surface area contributed by atoms with Crippen molar-refractivity contribution in [1.82, 2.24) is 3.97 Å². The van der Waals surface area contributed by atoms with Gasteiger partial charge in [-0.25, -0.2) is 3.97 Å². The largest absolute Gasteiger partial charge is 0.330 e. The van der Waals surface area contributed by atoms with E-state index in [4.69, 9.17) is 0 Å². The first-order valence-electron chi connectivity index (χ1n) is 3.90. The van der Waals surface area contributed by atoms with Gasteiger partial charge in [0.2, 0.25) is 0 Å². The SMILES string of the molecule is O=c1c(=O)n1Sc1ccc([N+](=O)[O-])cc1. The van der Waals surface area contributed by atoms with E-state index in [2.05, 4.69) is 0 Å². The fourth-order valence-corrected chi connectivity index (χ4v) is 1.69. The van der Waals surface area contributed by atoms with Gasteiger partial charge in [-0.3, -0.25) is 19.7 Å². The van der Waals surface area contributed by atoms with Crippen molar-refractivity contribution in [3.8, 4) is 0 Å². The molecule has 1 aromatic heterocycles. The van der Waals surface area contributed by atoms with E-state index in [-0.39, 0.29) is 5.69 Å². The van der Waals surface area contributed by atoms with E-state index < -0.39 is 16.0 Å². The minimum atomic E-state index is -0.543. The molecule has 0 saturated carbocycles. The summed E-state index contributed by atoms with van der Waals surface area (Å²) in [5, 5.41) is 10.3. The number of rotatable bonds is 3. The minimum Gasteiger partial charge on any atom is -0.262 e. The molecule has 15 heavy (non-hydrogen) atoms. The molecule has 0 aliphatic heterocycles. The lowest BCUT2D eigenvalue weighted by atomic mass is 10.3. The van der Waals surface area contributed by atoms with E-state index in [0.29, 0.717) is 4.90 Å². The van der Waals surface area contributed by atoms with E-state index in [1.165, 1.54) is 24.3 Å². The second-order valence-electron chi connectivity index (χ2n) is 2.75. The Labute approximate surface area is 87.1 Å². The molecular formula is C8H4N2O4S. The van der Waals surface area contributed by atoms with Crippen molar-refractivity contribution in [2.45, 2.75) is 4.90 Å². The van der Waals surface area contributed by atoms with Crippen LogP contribution >= 0.6 is 11.9 Å². The summed E-state index contributed by atoms with van der Waals surface area (Å²) in [6, 6.07) is 5.62. The molecule has 0 bridgehead atoms. The van der Waals surface area contributed by atoms with Gasteiger partial charge in [0.15, 0.2) is 0 Å². The lowest BCUT2D eigenvalue weighted by molar-refractivity contribution is -0.384. The standard InChI is InChI=1S/C8H4N2O4S/c11-7-8(12)9(7)15-6-3-1-5(2-4-6)10(13)14/h1-4H. The number of hydrogen-bond donors (Lipinski definition) is 0. The average molecular weight is 224 g/mol. The molecule has 0 unspecified atom stereocenters. The number of aromatic nitrogens is 1. The molecule has 0 saturated heterocycles. The van der Waals surface area contributed by atoms with Gasteiger partial charge in [-0.15, -0.1) is 0 Å². The van der Waals surface area contributed by atoms with Gasteiger partial charge >= 0.3 is 11.1 Å². The van der Waals surface area contributed by atoms with Crippen LogP contribution in [0.2, 0.25) is 0 Å². The molecule has 2 rings (SSSR count). The van der Waals surface area contributed by atoms with Crippen LogP contribution in [0.3, 0.4) is 0 Å². The molecule has 7 heteroatoms. The maximum Gasteiger partial charge on any atom is 0.330 e. The first-order chi connectivity index (χ1) is 7.09. The van der Waals surface area contributed by atoms with E-state index in [1.807, 2.05) is 0 Å². The third-order valence-electron chi connectivity index (χ3n) is 1.75. The number of benzene rings is 1. The van der Waals surface area contributed by atoms with Crippen molar-refractivity contribution in [3.05, 3.63) is 55.1 Å². The normalized spacial score (nSPS) is 10.7. The smallest absolute Gasteiger partial charge is 0.262 e. The van der Waals surface area contributed by atoms with Gasteiger partial charge in [-0.1, -0.05) is 0 Å². The Hall–Kier alpha value is -1.89. The minimum absolute atomic E-state index is 0.0252. The van der Waals surface area contributed by atoms with Crippen molar-refractivity contribution in [1.29, 1.82) is 0 Å². The van der Waals surface area contributed by atoms with Crippen LogP contribution in [0.4, 0.5) is 5.69 Å². The third-order valence-corrected chi connectivity index (χ3v) is 2.74. The molecule has 6 nitrogen and oxygen atoms in total. The van der Waals surface area contributed by atoms with Crippen molar-refractivity contribution in [3.63, 3.8) is 0 Å². The molecule has 0 atom stereocenters. The predicted molar refractivity (Wildman–Crippen MR) is 53.7 cm³/mol. The Morgan fingerprint density at radius 2 is 1.67 bits per heavy atom. The monoisotopic (exact) mass is 224 g/mol. The summed E-state index contributed by atoms with van der Waals surface area (Å²) in [4.78, 5) is 31.7. The molecule has 0 aliphatic carbocycles. The summed E-state index contributed by atoms with van der Waals surface area (Å²) < 4.78 is 0.987. The quantitative estimate of drug-likeness (QED) is 0.432. The molecule has 76 valence electrons. The highest BCUT2D eigenvalue weighted by Gasteiger charge is 2.17. The molecule has 0 fully saturated rings. The first-order valence-corrected chi connectivity index (χ1v) is 4.68. The van der Waals surface area contributed by atoms with E-state index >= 15 is 0 Å². The van der Waals surface area contributed by atoms with Crippen LogP contribution in [0.1, 0.15) is 0 Å².